The molecule has 2 rings (SSSR count). The van der Waals surface area contributed by atoms with Crippen molar-refractivity contribution >= 4 is 10.0 Å². The topological polar surface area (TPSA) is 83.1 Å². The molecule has 6 heteroatoms. The number of furan rings is 1. The van der Waals surface area contributed by atoms with Crippen molar-refractivity contribution in [1.82, 2.24) is 4.72 Å². The first-order valence-electron chi connectivity index (χ1n) is 6.52. The van der Waals surface area contributed by atoms with E-state index in [-0.39, 0.29) is 17.4 Å². The smallest absolute Gasteiger partial charge is 0.240 e. The highest BCUT2D eigenvalue weighted by molar-refractivity contribution is 7.89. The molecule has 1 aromatic heterocycles. The molecule has 1 heterocycles. The van der Waals surface area contributed by atoms with Gasteiger partial charge in [-0.15, -0.1) is 0 Å². The second kappa shape index (κ2) is 6.57. The number of sulfonamides is 1. The van der Waals surface area contributed by atoms with Gasteiger partial charge in [-0.3, -0.25) is 0 Å². The first-order chi connectivity index (χ1) is 10.0. The zero-order valence-electron chi connectivity index (χ0n) is 11.6. The van der Waals surface area contributed by atoms with Crippen molar-refractivity contribution in [3.05, 3.63) is 54.0 Å². The largest absolute Gasteiger partial charge is 0.469 e. The summed E-state index contributed by atoms with van der Waals surface area (Å²) in [5, 5.41) is 8.60. The molecular formula is C15H16N2O3S. The van der Waals surface area contributed by atoms with E-state index in [0.717, 1.165) is 11.3 Å². The third-order valence-corrected chi connectivity index (χ3v) is 4.57. The van der Waals surface area contributed by atoms with Gasteiger partial charge in [0.05, 0.1) is 23.6 Å². The number of nitrogens with one attached hydrogen (secondary N) is 1. The van der Waals surface area contributed by atoms with Gasteiger partial charge in [0, 0.05) is 12.5 Å². The minimum absolute atomic E-state index is 0.190. The van der Waals surface area contributed by atoms with Crippen molar-refractivity contribution in [3.8, 4) is 6.07 Å². The fraction of sp³-hybridized carbons (Fsp3) is 0.267. The van der Waals surface area contributed by atoms with Gasteiger partial charge in [-0.25, -0.2) is 13.1 Å². The Hall–Kier alpha value is -2.10. The van der Waals surface area contributed by atoms with Crippen LogP contribution in [0, 0.1) is 11.3 Å². The average Bonchev–Trinajstić information content (AvgIpc) is 2.92. The number of hydrogen-bond acceptors (Lipinski definition) is 4. The molecule has 110 valence electrons. The van der Waals surface area contributed by atoms with E-state index in [1.54, 1.807) is 31.4 Å². The molecule has 21 heavy (non-hydrogen) atoms. The first kappa shape index (κ1) is 15.3. The predicted molar refractivity (Wildman–Crippen MR) is 78.0 cm³/mol. The number of benzene rings is 1. The van der Waals surface area contributed by atoms with Crippen LogP contribution in [0.3, 0.4) is 0 Å². The van der Waals surface area contributed by atoms with Gasteiger partial charge in [0.25, 0.3) is 0 Å². The molecule has 1 atom stereocenters. The lowest BCUT2D eigenvalue weighted by Crippen LogP contribution is -2.34. The molecule has 5 nitrogen and oxygen atoms in total. The second-order valence-corrected chi connectivity index (χ2v) is 6.50. The van der Waals surface area contributed by atoms with E-state index < -0.39 is 10.0 Å². The summed E-state index contributed by atoms with van der Waals surface area (Å²) in [6.45, 7) is 1.78. The summed E-state index contributed by atoms with van der Waals surface area (Å²) in [5.41, 5.74) is 0.792. The van der Waals surface area contributed by atoms with Crippen LogP contribution in [0.2, 0.25) is 0 Å². The van der Waals surface area contributed by atoms with Crippen LogP contribution in [0.4, 0.5) is 0 Å². The standard InChI is InChI=1S/C15H16N2O3S/c1-12(11-14-3-2-10-20-14)17-21(18,19)15-6-4-13(5-7-15)8-9-16/h2-7,10,12,17H,8,11H2,1H3. The summed E-state index contributed by atoms with van der Waals surface area (Å²) in [6, 6.07) is 11.6. The number of nitrogens with zero attached hydrogens (tertiary/aromatic N) is 1. The van der Waals surface area contributed by atoms with Gasteiger partial charge in [-0.05, 0) is 36.8 Å². The van der Waals surface area contributed by atoms with Gasteiger partial charge < -0.3 is 4.42 Å². The van der Waals surface area contributed by atoms with E-state index in [1.807, 2.05) is 12.1 Å². The van der Waals surface area contributed by atoms with Crippen LogP contribution in [-0.2, 0) is 22.9 Å². The molecule has 0 saturated heterocycles. The fourth-order valence-corrected chi connectivity index (χ4v) is 3.23. The number of rotatable bonds is 6. The van der Waals surface area contributed by atoms with E-state index >= 15 is 0 Å². The molecule has 1 unspecified atom stereocenters. The lowest BCUT2D eigenvalue weighted by molar-refractivity contribution is 0.479. The van der Waals surface area contributed by atoms with E-state index in [4.69, 9.17) is 9.68 Å². The zero-order chi connectivity index (χ0) is 15.3. The van der Waals surface area contributed by atoms with Crippen molar-refractivity contribution in [3.63, 3.8) is 0 Å². The van der Waals surface area contributed by atoms with E-state index in [9.17, 15) is 8.42 Å². The highest BCUT2D eigenvalue weighted by atomic mass is 32.2. The number of hydrogen-bond donors (Lipinski definition) is 1. The average molecular weight is 304 g/mol. The molecule has 1 N–H and O–H groups in total. The molecule has 0 bridgehead atoms. The van der Waals surface area contributed by atoms with E-state index in [2.05, 4.69) is 4.72 Å². The minimum atomic E-state index is -3.57. The molecule has 0 aliphatic rings. The Morgan fingerprint density at radius 1 is 1.29 bits per heavy atom. The zero-order valence-corrected chi connectivity index (χ0v) is 12.4. The molecular weight excluding hydrogens is 288 g/mol. The number of nitriles is 1. The maximum Gasteiger partial charge on any atom is 0.240 e. The van der Waals surface area contributed by atoms with Gasteiger partial charge in [-0.2, -0.15) is 5.26 Å². The molecule has 0 radical (unpaired) electrons. The van der Waals surface area contributed by atoms with Gasteiger partial charge in [-0.1, -0.05) is 12.1 Å². The summed E-state index contributed by atoms with van der Waals surface area (Å²) < 4.78 is 32.3. The highest BCUT2D eigenvalue weighted by Crippen LogP contribution is 2.13. The Balaban J connectivity index is 2.05. The van der Waals surface area contributed by atoms with Crippen LogP contribution in [-0.4, -0.2) is 14.5 Å². The lowest BCUT2D eigenvalue weighted by atomic mass is 10.2. The third-order valence-electron chi connectivity index (χ3n) is 2.96. The molecule has 0 saturated carbocycles. The minimum Gasteiger partial charge on any atom is -0.469 e. The summed E-state index contributed by atoms with van der Waals surface area (Å²) >= 11 is 0. The van der Waals surface area contributed by atoms with Crippen LogP contribution < -0.4 is 4.72 Å². The second-order valence-electron chi connectivity index (χ2n) is 4.78. The molecule has 0 aliphatic heterocycles. The Kier molecular flexibility index (Phi) is 4.78. The fourth-order valence-electron chi connectivity index (χ4n) is 1.98. The maximum atomic E-state index is 12.2. The quantitative estimate of drug-likeness (QED) is 0.887. The van der Waals surface area contributed by atoms with E-state index in [1.165, 1.54) is 12.1 Å². The molecule has 0 spiro atoms. The van der Waals surface area contributed by atoms with Gasteiger partial charge in [0.15, 0.2) is 0 Å². The van der Waals surface area contributed by atoms with Crippen LogP contribution in [0.15, 0.2) is 52.0 Å². The van der Waals surface area contributed by atoms with Gasteiger partial charge in [0.2, 0.25) is 10.0 Å². The third kappa shape index (κ3) is 4.18. The van der Waals surface area contributed by atoms with Crippen LogP contribution >= 0.6 is 0 Å². The van der Waals surface area contributed by atoms with Crippen LogP contribution in [0.1, 0.15) is 18.2 Å². The normalized spacial score (nSPS) is 12.8. The van der Waals surface area contributed by atoms with Gasteiger partial charge in [0.1, 0.15) is 5.76 Å². The Labute approximate surface area is 124 Å². The Morgan fingerprint density at radius 2 is 2.00 bits per heavy atom. The first-order valence-corrected chi connectivity index (χ1v) is 8.00. The molecule has 0 fully saturated rings. The Morgan fingerprint density at radius 3 is 2.57 bits per heavy atom. The van der Waals surface area contributed by atoms with Crippen molar-refractivity contribution in [2.75, 3.05) is 0 Å². The van der Waals surface area contributed by atoms with Crippen molar-refractivity contribution in [1.29, 1.82) is 5.26 Å². The van der Waals surface area contributed by atoms with Crippen molar-refractivity contribution in [2.24, 2.45) is 0 Å². The summed E-state index contributed by atoms with van der Waals surface area (Å²) in [4.78, 5) is 0.190. The monoisotopic (exact) mass is 304 g/mol. The molecule has 0 amide bonds. The van der Waals surface area contributed by atoms with E-state index in [0.29, 0.717) is 6.42 Å². The molecule has 1 aromatic carbocycles. The molecule has 0 aliphatic carbocycles. The SMILES string of the molecule is CC(Cc1ccco1)NS(=O)(=O)c1ccc(CC#N)cc1. The van der Waals surface area contributed by atoms with Crippen LogP contribution in [0.5, 0.6) is 0 Å². The van der Waals surface area contributed by atoms with Gasteiger partial charge >= 0.3 is 0 Å². The summed E-state index contributed by atoms with van der Waals surface area (Å²) in [5.74, 6) is 0.731. The van der Waals surface area contributed by atoms with Crippen molar-refractivity contribution < 1.29 is 12.8 Å². The highest BCUT2D eigenvalue weighted by Gasteiger charge is 2.18. The Bertz CT molecular complexity index is 713. The molecule has 2 aromatic rings. The van der Waals surface area contributed by atoms with Crippen molar-refractivity contribution in [2.45, 2.75) is 30.7 Å². The maximum absolute atomic E-state index is 12.2. The summed E-state index contributed by atoms with van der Waals surface area (Å²) in [7, 11) is -3.57. The lowest BCUT2D eigenvalue weighted by Gasteiger charge is -2.13. The summed E-state index contributed by atoms with van der Waals surface area (Å²) in [6.07, 6.45) is 2.31. The predicted octanol–water partition coefficient (Wildman–Crippen LogP) is 2.26. The van der Waals surface area contributed by atoms with Crippen LogP contribution in [0.25, 0.3) is 0 Å².